The number of nitrogens with zero attached hydrogens (tertiary/aromatic N) is 2. The van der Waals surface area contributed by atoms with Crippen molar-refractivity contribution in [3.63, 3.8) is 0 Å². The molecule has 0 saturated heterocycles. The fourth-order valence-electron chi connectivity index (χ4n) is 2.60. The van der Waals surface area contributed by atoms with E-state index in [4.69, 9.17) is 0 Å². The summed E-state index contributed by atoms with van der Waals surface area (Å²) in [5, 5.41) is 16.9. The zero-order valence-electron chi connectivity index (χ0n) is 13.3. The lowest BCUT2D eigenvalue weighted by atomic mass is 10.0. The van der Waals surface area contributed by atoms with Crippen molar-refractivity contribution in [1.29, 1.82) is 0 Å². The van der Waals surface area contributed by atoms with Crippen LogP contribution in [0.2, 0.25) is 0 Å². The summed E-state index contributed by atoms with van der Waals surface area (Å²) >= 11 is 0. The van der Waals surface area contributed by atoms with Crippen LogP contribution in [0.3, 0.4) is 0 Å². The second kappa shape index (κ2) is 7.35. The van der Waals surface area contributed by atoms with E-state index in [1.54, 1.807) is 18.2 Å². The molecule has 0 aromatic heterocycles. The number of nitro groups is 1. The smallest absolute Gasteiger partial charge is 0.273 e. The summed E-state index contributed by atoms with van der Waals surface area (Å²) in [5.41, 5.74) is 3.59. The highest BCUT2D eigenvalue weighted by molar-refractivity contribution is 5.91. The van der Waals surface area contributed by atoms with Crippen molar-refractivity contribution in [2.24, 2.45) is 5.10 Å². The van der Waals surface area contributed by atoms with Crippen LogP contribution in [0, 0.1) is 10.1 Å². The molecule has 0 aliphatic heterocycles. The topological polar surface area (TPSA) is 84.6 Å². The van der Waals surface area contributed by atoms with Crippen LogP contribution >= 0.6 is 0 Å². The summed E-state index contributed by atoms with van der Waals surface area (Å²) in [4.78, 5) is 22.6. The van der Waals surface area contributed by atoms with Gasteiger partial charge in [0.15, 0.2) is 0 Å². The van der Waals surface area contributed by atoms with Crippen molar-refractivity contribution < 1.29 is 9.72 Å². The molecule has 0 heterocycles. The molecule has 0 aliphatic carbocycles. The van der Waals surface area contributed by atoms with Gasteiger partial charge in [0.1, 0.15) is 0 Å². The lowest BCUT2D eigenvalue weighted by Crippen LogP contribution is -2.20. The third-order valence-electron chi connectivity index (χ3n) is 3.76. The van der Waals surface area contributed by atoms with Crippen molar-refractivity contribution in [3.8, 4) is 0 Å². The molecule has 6 heteroatoms. The van der Waals surface area contributed by atoms with Crippen molar-refractivity contribution in [3.05, 3.63) is 88.0 Å². The Balaban J connectivity index is 1.70. The van der Waals surface area contributed by atoms with E-state index in [0.29, 0.717) is 5.56 Å². The third kappa shape index (κ3) is 3.87. The first-order chi connectivity index (χ1) is 12.1. The van der Waals surface area contributed by atoms with Gasteiger partial charge in [-0.2, -0.15) is 5.10 Å². The van der Waals surface area contributed by atoms with Gasteiger partial charge in [0.05, 0.1) is 23.1 Å². The highest BCUT2D eigenvalue weighted by Gasteiger charge is 2.10. The molecular weight excluding hydrogens is 318 g/mol. The Morgan fingerprint density at radius 2 is 1.76 bits per heavy atom. The summed E-state index contributed by atoms with van der Waals surface area (Å²) in [6.45, 7) is 0. The molecule has 0 bridgehead atoms. The quantitative estimate of drug-likeness (QED) is 0.441. The number of hydrogen-bond donors (Lipinski definition) is 1. The van der Waals surface area contributed by atoms with Crippen LogP contribution in [-0.2, 0) is 11.2 Å². The normalized spacial score (nSPS) is 10.9. The minimum atomic E-state index is -0.487. The number of amides is 1. The minimum absolute atomic E-state index is 0.0606. The van der Waals surface area contributed by atoms with Gasteiger partial charge in [-0.05, 0) is 22.4 Å². The van der Waals surface area contributed by atoms with Gasteiger partial charge in [-0.1, -0.05) is 54.6 Å². The van der Waals surface area contributed by atoms with E-state index in [-0.39, 0.29) is 18.0 Å². The van der Waals surface area contributed by atoms with Crippen LogP contribution < -0.4 is 5.43 Å². The highest BCUT2D eigenvalue weighted by atomic mass is 16.6. The van der Waals surface area contributed by atoms with Crippen LogP contribution in [0.25, 0.3) is 10.8 Å². The summed E-state index contributed by atoms with van der Waals surface area (Å²) in [7, 11) is 0. The predicted molar refractivity (Wildman–Crippen MR) is 96.5 cm³/mol. The number of hydrazone groups is 1. The molecule has 0 fully saturated rings. The average Bonchev–Trinajstić information content (AvgIpc) is 2.62. The molecule has 6 nitrogen and oxygen atoms in total. The zero-order valence-corrected chi connectivity index (χ0v) is 13.3. The van der Waals surface area contributed by atoms with Gasteiger partial charge in [-0.3, -0.25) is 14.9 Å². The van der Waals surface area contributed by atoms with Crippen molar-refractivity contribution in [2.75, 3.05) is 0 Å². The Hall–Kier alpha value is -3.54. The number of nitro benzene ring substituents is 1. The van der Waals surface area contributed by atoms with Crippen LogP contribution in [0.15, 0.2) is 71.8 Å². The van der Waals surface area contributed by atoms with E-state index in [0.717, 1.165) is 16.3 Å². The third-order valence-corrected chi connectivity index (χ3v) is 3.76. The number of para-hydroxylation sites is 1. The van der Waals surface area contributed by atoms with Crippen LogP contribution in [-0.4, -0.2) is 17.0 Å². The molecule has 0 aliphatic rings. The number of fused-ring (bicyclic) bond motifs is 1. The number of hydrogen-bond acceptors (Lipinski definition) is 4. The molecule has 1 N–H and O–H groups in total. The standard InChI is InChI=1S/C19H15N3O3/c23-19(12-15-9-5-8-14-6-1-3-10-17(14)15)21-20-13-16-7-2-4-11-18(16)22(24)25/h1-11,13H,12H2,(H,21,23)/b20-13-. The zero-order chi connectivity index (χ0) is 17.6. The number of rotatable bonds is 5. The van der Waals surface area contributed by atoms with Gasteiger partial charge in [-0.15, -0.1) is 0 Å². The Bertz CT molecular complexity index is 962. The first kappa shape index (κ1) is 16.3. The number of carbonyl (C=O) groups is 1. The Morgan fingerprint density at radius 1 is 1.04 bits per heavy atom. The van der Waals surface area contributed by atoms with Crippen LogP contribution in [0.4, 0.5) is 5.69 Å². The summed E-state index contributed by atoms with van der Waals surface area (Å²) in [5.74, 6) is -0.286. The summed E-state index contributed by atoms with van der Waals surface area (Å²) < 4.78 is 0. The van der Waals surface area contributed by atoms with E-state index in [2.05, 4.69) is 10.5 Å². The Kier molecular flexibility index (Phi) is 4.80. The second-order valence-corrected chi connectivity index (χ2v) is 5.42. The Labute approximate surface area is 143 Å². The van der Waals surface area contributed by atoms with E-state index >= 15 is 0 Å². The molecule has 1 amide bonds. The highest BCUT2D eigenvalue weighted by Crippen LogP contribution is 2.19. The van der Waals surface area contributed by atoms with E-state index in [1.807, 2.05) is 42.5 Å². The molecule has 0 radical (unpaired) electrons. The molecule has 0 atom stereocenters. The van der Waals surface area contributed by atoms with Crippen LogP contribution in [0.5, 0.6) is 0 Å². The molecule has 3 rings (SSSR count). The number of nitrogens with one attached hydrogen (secondary N) is 1. The van der Waals surface area contributed by atoms with E-state index in [9.17, 15) is 14.9 Å². The first-order valence-corrected chi connectivity index (χ1v) is 7.67. The van der Waals surface area contributed by atoms with Crippen LogP contribution in [0.1, 0.15) is 11.1 Å². The maximum absolute atomic E-state index is 12.1. The first-order valence-electron chi connectivity index (χ1n) is 7.67. The molecule has 0 spiro atoms. The van der Waals surface area contributed by atoms with Gasteiger partial charge in [-0.25, -0.2) is 5.43 Å². The molecular formula is C19H15N3O3. The van der Waals surface area contributed by atoms with Crippen molar-refractivity contribution in [2.45, 2.75) is 6.42 Å². The monoisotopic (exact) mass is 333 g/mol. The molecule has 3 aromatic rings. The lowest BCUT2D eigenvalue weighted by molar-refractivity contribution is -0.385. The summed E-state index contributed by atoms with van der Waals surface area (Å²) in [6, 6.07) is 19.8. The minimum Gasteiger partial charge on any atom is -0.273 e. The summed E-state index contributed by atoms with van der Waals surface area (Å²) in [6.07, 6.45) is 1.45. The van der Waals surface area contributed by atoms with Gasteiger partial charge in [0, 0.05) is 6.07 Å². The van der Waals surface area contributed by atoms with E-state index < -0.39 is 4.92 Å². The van der Waals surface area contributed by atoms with Gasteiger partial charge in [0.25, 0.3) is 5.69 Å². The molecule has 0 saturated carbocycles. The maximum atomic E-state index is 12.1. The molecule has 124 valence electrons. The SMILES string of the molecule is O=C(Cc1cccc2ccccc12)N/N=C\c1ccccc1[N+](=O)[O-]. The van der Waals surface area contributed by atoms with Crippen molar-refractivity contribution in [1.82, 2.24) is 5.43 Å². The molecule has 0 unspecified atom stereocenters. The number of carbonyl (C=O) groups excluding carboxylic acids is 1. The maximum Gasteiger partial charge on any atom is 0.278 e. The molecule has 3 aromatic carbocycles. The van der Waals surface area contributed by atoms with Gasteiger partial charge < -0.3 is 0 Å². The van der Waals surface area contributed by atoms with E-state index in [1.165, 1.54) is 12.3 Å². The predicted octanol–water partition coefficient (Wildman–Crippen LogP) is 3.44. The average molecular weight is 333 g/mol. The van der Waals surface area contributed by atoms with Gasteiger partial charge in [0.2, 0.25) is 5.91 Å². The number of benzene rings is 3. The lowest BCUT2D eigenvalue weighted by Gasteiger charge is -2.05. The largest absolute Gasteiger partial charge is 0.278 e. The van der Waals surface area contributed by atoms with Gasteiger partial charge >= 0.3 is 0 Å². The second-order valence-electron chi connectivity index (χ2n) is 5.42. The van der Waals surface area contributed by atoms with Crippen molar-refractivity contribution >= 4 is 28.6 Å². The fraction of sp³-hybridized carbons (Fsp3) is 0.0526. The Morgan fingerprint density at radius 3 is 2.60 bits per heavy atom. The molecule has 25 heavy (non-hydrogen) atoms. The fourth-order valence-corrected chi connectivity index (χ4v) is 2.60.